The number of esters is 1. The lowest BCUT2D eigenvalue weighted by molar-refractivity contribution is -0.162. The lowest BCUT2D eigenvalue weighted by Gasteiger charge is -2.27. The Hall–Kier alpha value is -2.18. The summed E-state index contributed by atoms with van der Waals surface area (Å²) in [6.45, 7) is 4.81. The molecule has 0 aromatic heterocycles. The zero-order valence-electron chi connectivity index (χ0n) is 13.3. The molecule has 0 saturated carbocycles. The fraction of sp³-hybridized carbons (Fsp3) is 0.500. The van der Waals surface area contributed by atoms with Crippen LogP contribution in [0.1, 0.15) is 39.2 Å². The first-order chi connectivity index (χ1) is 10.9. The number of halogens is 2. The number of carbonyl (C=O) groups is 2. The summed E-state index contributed by atoms with van der Waals surface area (Å²) in [4.78, 5) is 23.8. The maximum atomic E-state index is 14.4. The van der Waals surface area contributed by atoms with Gasteiger partial charge >= 0.3 is 11.9 Å². The second-order valence-electron chi connectivity index (χ2n) is 4.87. The van der Waals surface area contributed by atoms with Crippen LogP contribution in [0.5, 0.6) is 5.75 Å². The first kappa shape index (κ1) is 18.9. The van der Waals surface area contributed by atoms with Crippen LogP contribution in [0.15, 0.2) is 12.1 Å². The zero-order chi connectivity index (χ0) is 17.6. The Morgan fingerprint density at radius 1 is 1.17 bits per heavy atom. The van der Waals surface area contributed by atoms with E-state index in [1.54, 1.807) is 6.92 Å². The van der Waals surface area contributed by atoms with Crippen LogP contribution in [0.25, 0.3) is 0 Å². The van der Waals surface area contributed by atoms with Gasteiger partial charge in [0.1, 0.15) is 0 Å². The first-order valence-corrected chi connectivity index (χ1v) is 7.38. The lowest BCUT2D eigenvalue weighted by Crippen LogP contribution is -2.45. The predicted octanol–water partition coefficient (Wildman–Crippen LogP) is 3.05. The monoisotopic (exact) mass is 330 g/mol. The third-order valence-corrected chi connectivity index (χ3v) is 3.49. The average Bonchev–Trinajstić information content (AvgIpc) is 2.51. The number of benzene rings is 1. The molecule has 0 aliphatic heterocycles. The zero-order valence-corrected chi connectivity index (χ0v) is 13.3. The summed E-state index contributed by atoms with van der Waals surface area (Å²) in [5, 5.41) is 9.48. The Morgan fingerprint density at radius 3 is 2.30 bits per heavy atom. The molecular formula is C16H20F2O5. The van der Waals surface area contributed by atoms with Gasteiger partial charge in [-0.2, -0.15) is 4.39 Å². The maximum Gasteiger partial charge on any atom is 0.328 e. The minimum absolute atomic E-state index is 0.0738. The topological polar surface area (TPSA) is 72.8 Å². The number of hydrogen-bond donors (Lipinski definition) is 1. The molecule has 1 aromatic rings. The van der Waals surface area contributed by atoms with Crippen LogP contribution in [-0.2, 0) is 19.7 Å². The molecule has 1 unspecified atom stereocenters. The van der Waals surface area contributed by atoms with E-state index in [1.165, 1.54) is 13.8 Å². The van der Waals surface area contributed by atoms with Gasteiger partial charge in [-0.1, -0.05) is 19.9 Å². The van der Waals surface area contributed by atoms with E-state index in [-0.39, 0.29) is 25.4 Å². The van der Waals surface area contributed by atoms with E-state index in [0.29, 0.717) is 6.42 Å². The molecule has 0 fully saturated rings. The Bertz CT molecular complexity index is 588. The molecule has 0 aliphatic carbocycles. The van der Waals surface area contributed by atoms with Crippen molar-refractivity contribution in [2.75, 3.05) is 13.2 Å². The van der Waals surface area contributed by atoms with Gasteiger partial charge in [0.05, 0.1) is 13.2 Å². The highest BCUT2D eigenvalue weighted by Crippen LogP contribution is 2.35. The van der Waals surface area contributed by atoms with Crippen LogP contribution in [0.3, 0.4) is 0 Å². The molecule has 7 heteroatoms. The summed E-state index contributed by atoms with van der Waals surface area (Å²) >= 11 is 0. The summed E-state index contributed by atoms with van der Waals surface area (Å²) in [6, 6.07) is 2.17. The Labute approximate surface area is 133 Å². The van der Waals surface area contributed by atoms with Crippen molar-refractivity contribution in [3.63, 3.8) is 0 Å². The van der Waals surface area contributed by atoms with E-state index < -0.39 is 34.6 Å². The number of aliphatic carboxylic acids is 1. The first-order valence-electron chi connectivity index (χ1n) is 7.38. The Kier molecular flexibility index (Phi) is 6.48. The smallest absolute Gasteiger partial charge is 0.328 e. The number of hydrogen-bond acceptors (Lipinski definition) is 4. The maximum absolute atomic E-state index is 14.4. The van der Waals surface area contributed by atoms with Gasteiger partial charge in [0.15, 0.2) is 17.0 Å². The van der Waals surface area contributed by atoms with Gasteiger partial charge in [-0.15, -0.1) is 0 Å². The molecule has 0 radical (unpaired) electrons. The molecule has 1 rings (SSSR count). The molecular weight excluding hydrogens is 310 g/mol. The van der Waals surface area contributed by atoms with E-state index >= 15 is 0 Å². The van der Waals surface area contributed by atoms with Crippen molar-refractivity contribution >= 4 is 11.9 Å². The van der Waals surface area contributed by atoms with E-state index in [1.807, 2.05) is 0 Å². The van der Waals surface area contributed by atoms with E-state index in [4.69, 9.17) is 9.47 Å². The highest BCUT2D eigenvalue weighted by molar-refractivity contribution is 6.05. The molecule has 0 amide bonds. The fourth-order valence-corrected chi connectivity index (χ4v) is 2.24. The molecule has 0 saturated heterocycles. The van der Waals surface area contributed by atoms with Gasteiger partial charge in [0.2, 0.25) is 5.82 Å². The summed E-state index contributed by atoms with van der Waals surface area (Å²) in [5.41, 5.74) is -2.88. The molecule has 1 atom stereocenters. The van der Waals surface area contributed by atoms with Gasteiger partial charge < -0.3 is 14.6 Å². The Morgan fingerprint density at radius 2 is 1.83 bits per heavy atom. The van der Waals surface area contributed by atoms with Gasteiger partial charge in [-0.25, -0.2) is 4.39 Å². The molecule has 0 aliphatic rings. The van der Waals surface area contributed by atoms with Gasteiger partial charge in [0, 0.05) is 5.56 Å². The number of carboxylic acid groups (broad SMARTS) is 1. The third kappa shape index (κ3) is 3.43. The normalized spacial score (nSPS) is 13.3. The number of carboxylic acids is 1. The molecule has 5 nitrogen and oxygen atoms in total. The van der Waals surface area contributed by atoms with Crippen molar-refractivity contribution in [2.45, 2.75) is 39.0 Å². The minimum Gasteiger partial charge on any atom is -0.490 e. The highest BCUT2D eigenvalue weighted by atomic mass is 19.2. The van der Waals surface area contributed by atoms with Crippen LogP contribution >= 0.6 is 0 Å². The summed E-state index contributed by atoms with van der Waals surface area (Å²) in [5.74, 6) is -5.79. The van der Waals surface area contributed by atoms with E-state index in [9.17, 15) is 23.5 Å². The van der Waals surface area contributed by atoms with Gasteiger partial charge in [0.25, 0.3) is 0 Å². The van der Waals surface area contributed by atoms with Crippen LogP contribution in [0.4, 0.5) is 8.78 Å². The molecule has 0 bridgehead atoms. The molecule has 0 spiro atoms. The van der Waals surface area contributed by atoms with Gasteiger partial charge in [-0.05, 0) is 25.8 Å². The quantitative estimate of drug-likeness (QED) is 0.586. The predicted molar refractivity (Wildman–Crippen MR) is 78.4 cm³/mol. The van der Waals surface area contributed by atoms with Crippen molar-refractivity contribution in [3.8, 4) is 5.75 Å². The summed E-state index contributed by atoms with van der Waals surface area (Å²) < 4.78 is 38.3. The van der Waals surface area contributed by atoms with E-state index in [2.05, 4.69) is 0 Å². The second-order valence-corrected chi connectivity index (χ2v) is 4.87. The largest absolute Gasteiger partial charge is 0.490 e. The van der Waals surface area contributed by atoms with Crippen LogP contribution < -0.4 is 4.74 Å². The molecule has 23 heavy (non-hydrogen) atoms. The van der Waals surface area contributed by atoms with Crippen molar-refractivity contribution in [1.82, 2.24) is 0 Å². The third-order valence-electron chi connectivity index (χ3n) is 3.49. The average molecular weight is 330 g/mol. The lowest BCUT2D eigenvalue weighted by atomic mass is 9.77. The number of carbonyl (C=O) groups excluding carboxylic acids is 1. The minimum atomic E-state index is -2.30. The Balaban J connectivity index is 3.46. The van der Waals surface area contributed by atoms with E-state index in [0.717, 1.165) is 12.1 Å². The summed E-state index contributed by atoms with van der Waals surface area (Å²) in [7, 11) is 0. The van der Waals surface area contributed by atoms with Crippen molar-refractivity contribution < 1.29 is 33.0 Å². The fourth-order valence-electron chi connectivity index (χ4n) is 2.24. The number of rotatable bonds is 8. The molecule has 0 heterocycles. The van der Waals surface area contributed by atoms with Crippen LogP contribution in [0.2, 0.25) is 0 Å². The van der Waals surface area contributed by atoms with Crippen LogP contribution in [-0.4, -0.2) is 30.3 Å². The number of ether oxygens (including phenoxy) is 2. The molecule has 1 aromatic carbocycles. The van der Waals surface area contributed by atoms with Gasteiger partial charge in [-0.3, -0.25) is 9.59 Å². The standard InChI is InChI=1S/C16H20F2O5/c1-4-9-23-11-8-7-10(12(17)13(11)18)16(5-2,14(19)20)15(21)22-6-3/h7-8H,4-6,9H2,1-3H3,(H,19,20). The van der Waals surface area contributed by atoms with Crippen molar-refractivity contribution in [1.29, 1.82) is 0 Å². The summed E-state index contributed by atoms with van der Waals surface area (Å²) in [6.07, 6.45) is 0.312. The van der Waals surface area contributed by atoms with Crippen molar-refractivity contribution in [3.05, 3.63) is 29.3 Å². The second kappa shape index (κ2) is 7.89. The van der Waals surface area contributed by atoms with Crippen molar-refractivity contribution in [2.24, 2.45) is 0 Å². The molecule has 1 N–H and O–H groups in total. The van der Waals surface area contributed by atoms with Crippen LogP contribution in [0, 0.1) is 11.6 Å². The molecule has 128 valence electrons. The highest BCUT2D eigenvalue weighted by Gasteiger charge is 2.50. The SMILES string of the molecule is CCCOc1ccc(C(CC)(C(=O)O)C(=O)OCC)c(F)c1F.